The molecule has 1 amide bonds. The highest BCUT2D eigenvalue weighted by atomic mass is 31.2. The van der Waals surface area contributed by atoms with Gasteiger partial charge in [0.25, 0.3) is 7.82 Å². The molecule has 0 aliphatic heterocycles. The maximum atomic E-state index is 12.8. The molecule has 0 saturated carbocycles. The summed E-state index contributed by atoms with van der Waals surface area (Å²) in [6.07, 6.45) is 35.3. The number of aliphatic hydroxyl groups is 1. The van der Waals surface area contributed by atoms with E-state index in [-0.39, 0.29) is 19.1 Å². The summed E-state index contributed by atoms with van der Waals surface area (Å²) >= 11 is 0. The molecule has 0 radical (unpaired) electrons. The zero-order chi connectivity index (χ0) is 36.5. The minimum Gasteiger partial charge on any atom is -0.756 e. The molecule has 0 aliphatic carbocycles. The zero-order valence-electron chi connectivity index (χ0n) is 32.9. The first-order valence-corrected chi connectivity index (χ1v) is 22.0. The van der Waals surface area contributed by atoms with Crippen molar-refractivity contribution >= 4 is 13.7 Å². The van der Waals surface area contributed by atoms with Gasteiger partial charge in [-0.25, -0.2) is 0 Å². The van der Waals surface area contributed by atoms with E-state index in [9.17, 15) is 19.4 Å². The van der Waals surface area contributed by atoms with Gasteiger partial charge < -0.3 is 28.8 Å². The van der Waals surface area contributed by atoms with E-state index in [4.69, 9.17) is 9.05 Å². The van der Waals surface area contributed by atoms with Gasteiger partial charge in [-0.3, -0.25) is 9.36 Å². The quantitative estimate of drug-likeness (QED) is 0.0287. The standard InChI is InChI=1S/C40H81N2O6P/c1-6-8-10-12-14-16-18-19-20-21-22-24-26-28-30-32-34-40(44)41-38(37-48-49(45,46)47-36-35-42(3,4)5)39(43)33-31-29-27-25-23-17-15-13-11-9-7-2/h31,33,38-39,43H,6-30,32,34-37H2,1-5H3,(H-,41,44,45,46)/b33-31+/t38-,39+/m0/s1. The van der Waals surface area contributed by atoms with E-state index in [1.807, 2.05) is 27.2 Å². The summed E-state index contributed by atoms with van der Waals surface area (Å²) in [5.41, 5.74) is 0. The number of hydrogen-bond donors (Lipinski definition) is 2. The Bertz CT molecular complexity index is 819. The maximum absolute atomic E-state index is 12.8. The Morgan fingerprint density at radius 2 is 1.10 bits per heavy atom. The van der Waals surface area contributed by atoms with Crippen molar-refractivity contribution in [3.63, 3.8) is 0 Å². The number of unbranched alkanes of at least 4 members (excludes halogenated alkanes) is 24. The lowest BCUT2D eigenvalue weighted by atomic mass is 10.0. The van der Waals surface area contributed by atoms with Gasteiger partial charge in [0.2, 0.25) is 5.91 Å². The van der Waals surface area contributed by atoms with Crippen LogP contribution in [-0.4, -0.2) is 68.5 Å². The Hall–Kier alpha value is -0.760. The lowest BCUT2D eigenvalue weighted by Gasteiger charge is -2.29. The van der Waals surface area contributed by atoms with Gasteiger partial charge in [0.15, 0.2) is 0 Å². The molecule has 2 N–H and O–H groups in total. The molecule has 292 valence electrons. The minimum absolute atomic E-state index is 0.00174. The van der Waals surface area contributed by atoms with Crippen molar-refractivity contribution in [1.29, 1.82) is 0 Å². The second kappa shape index (κ2) is 33.1. The molecule has 0 aromatic carbocycles. The van der Waals surface area contributed by atoms with Crippen LogP contribution < -0.4 is 10.2 Å². The average molecular weight is 717 g/mol. The van der Waals surface area contributed by atoms with Crippen LogP contribution in [0.3, 0.4) is 0 Å². The van der Waals surface area contributed by atoms with Crippen molar-refractivity contribution < 1.29 is 32.9 Å². The molecule has 0 aromatic rings. The molecule has 8 nitrogen and oxygen atoms in total. The number of carbonyl (C=O) groups excluding carboxylic acids is 1. The summed E-state index contributed by atoms with van der Waals surface area (Å²) < 4.78 is 23.1. The summed E-state index contributed by atoms with van der Waals surface area (Å²) in [6.45, 7) is 4.63. The summed E-state index contributed by atoms with van der Waals surface area (Å²) in [5, 5.41) is 13.7. The van der Waals surface area contributed by atoms with E-state index in [0.29, 0.717) is 17.4 Å². The first-order chi connectivity index (χ1) is 23.5. The maximum Gasteiger partial charge on any atom is 0.268 e. The fourth-order valence-electron chi connectivity index (χ4n) is 5.92. The molecular formula is C40H81N2O6P. The van der Waals surface area contributed by atoms with E-state index in [1.165, 1.54) is 128 Å². The second-order valence-corrected chi connectivity index (χ2v) is 16.8. The average Bonchev–Trinajstić information content (AvgIpc) is 3.04. The van der Waals surface area contributed by atoms with Crippen LogP contribution in [0.1, 0.15) is 187 Å². The molecular weight excluding hydrogens is 635 g/mol. The Labute approximate surface area is 303 Å². The van der Waals surface area contributed by atoms with Crippen LogP contribution in [0, 0.1) is 0 Å². The first-order valence-electron chi connectivity index (χ1n) is 20.6. The summed E-state index contributed by atoms with van der Waals surface area (Å²) in [7, 11) is 1.27. The van der Waals surface area contributed by atoms with E-state index in [1.54, 1.807) is 6.08 Å². The third kappa shape index (κ3) is 35.4. The number of nitrogens with zero attached hydrogens (tertiary/aromatic N) is 1. The van der Waals surface area contributed by atoms with Crippen molar-refractivity contribution in [3.8, 4) is 0 Å². The van der Waals surface area contributed by atoms with E-state index < -0.39 is 20.0 Å². The molecule has 1 unspecified atom stereocenters. The minimum atomic E-state index is -4.57. The van der Waals surface area contributed by atoms with Gasteiger partial charge in [-0.2, -0.15) is 0 Å². The Kier molecular flexibility index (Phi) is 32.6. The predicted octanol–water partition coefficient (Wildman–Crippen LogP) is 10.2. The van der Waals surface area contributed by atoms with Crippen LogP contribution in [0.25, 0.3) is 0 Å². The summed E-state index contributed by atoms with van der Waals surface area (Å²) in [6, 6.07) is -0.878. The van der Waals surface area contributed by atoms with E-state index in [0.717, 1.165) is 38.5 Å². The number of phosphoric acid groups is 1. The topological polar surface area (TPSA) is 108 Å². The van der Waals surface area contributed by atoms with Crippen molar-refractivity contribution in [2.45, 2.75) is 199 Å². The molecule has 9 heteroatoms. The van der Waals surface area contributed by atoms with E-state index >= 15 is 0 Å². The zero-order valence-corrected chi connectivity index (χ0v) is 33.8. The molecule has 0 aliphatic rings. The lowest BCUT2D eigenvalue weighted by Crippen LogP contribution is -2.45. The molecule has 49 heavy (non-hydrogen) atoms. The van der Waals surface area contributed by atoms with Crippen LogP contribution in [0.15, 0.2) is 12.2 Å². The number of allylic oxidation sites excluding steroid dienone is 1. The van der Waals surface area contributed by atoms with E-state index in [2.05, 4.69) is 19.2 Å². The van der Waals surface area contributed by atoms with Gasteiger partial charge in [0.1, 0.15) is 13.2 Å². The number of carbonyl (C=O) groups is 1. The van der Waals surface area contributed by atoms with Crippen LogP contribution in [-0.2, 0) is 18.4 Å². The molecule has 3 atom stereocenters. The van der Waals surface area contributed by atoms with Crippen LogP contribution in [0.2, 0.25) is 0 Å². The second-order valence-electron chi connectivity index (χ2n) is 15.4. The third-order valence-electron chi connectivity index (χ3n) is 9.25. The summed E-state index contributed by atoms with van der Waals surface area (Å²) in [4.78, 5) is 25.2. The van der Waals surface area contributed by atoms with Gasteiger partial charge in [0, 0.05) is 6.42 Å². The number of aliphatic hydroxyl groups excluding tert-OH is 1. The summed E-state index contributed by atoms with van der Waals surface area (Å²) in [5.74, 6) is -0.197. The molecule has 0 bridgehead atoms. The molecule has 0 fully saturated rings. The fraction of sp³-hybridized carbons (Fsp3) is 0.925. The lowest BCUT2D eigenvalue weighted by molar-refractivity contribution is -0.870. The van der Waals surface area contributed by atoms with Crippen molar-refractivity contribution in [2.75, 3.05) is 40.9 Å². The van der Waals surface area contributed by atoms with Crippen LogP contribution >= 0.6 is 7.82 Å². The van der Waals surface area contributed by atoms with Gasteiger partial charge >= 0.3 is 0 Å². The van der Waals surface area contributed by atoms with Gasteiger partial charge in [-0.15, -0.1) is 0 Å². The van der Waals surface area contributed by atoms with Crippen LogP contribution in [0.4, 0.5) is 0 Å². The molecule has 0 heterocycles. The Morgan fingerprint density at radius 3 is 1.53 bits per heavy atom. The fourth-order valence-corrected chi connectivity index (χ4v) is 6.64. The number of nitrogens with one attached hydrogen (secondary N) is 1. The van der Waals surface area contributed by atoms with Gasteiger partial charge in [-0.1, -0.05) is 174 Å². The number of hydrogen-bond acceptors (Lipinski definition) is 6. The highest BCUT2D eigenvalue weighted by Crippen LogP contribution is 2.38. The van der Waals surface area contributed by atoms with Crippen molar-refractivity contribution in [3.05, 3.63) is 12.2 Å². The number of rotatable bonds is 37. The largest absolute Gasteiger partial charge is 0.756 e. The highest BCUT2D eigenvalue weighted by Gasteiger charge is 2.23. The Balaban J connectivity index is 4.42. The molecule has 0 spiro atoms. The number of likely N-dealkylation sites (N-methyl/N-ethyl adjacent to an activating group) is 1. The number of quaternary nitrogens is 1. The Morgan fingerprint density at radius 1 is 0.694 bits per heavy atom. The SMILES string of the molecule is CCCCCCCCCCC/C=C/[C@@H](O)[C@H](COP(=O)([O-])OCC[N+](C)(C)C)NC(=O)CCCCCCCCCCCCCCCCCC. The van der Waals surface area contributed by atoms with Crippen LogP contribution in [0.5, 0.6) is 0 Å². The molecule has 0 rings (SSSR count). The first kappa shape index (κ1) is 48.2. The van der Waals surface area contributed by atoms with Crippen molar-refractivity contribution in [2.24, 2.45) is 0 Å². The normalized spacial score (nSPS) is 14.7. The highest BCUT2D eigenvalue weighted by molar-refractivity contribution is 7.45. The third-order valence-corrected chi connectivity index (χ3v) is 10.2. The molecule has 0 saturated heterocycles. The predicted molar refractivity (Wildman–Crippen MR) is 205 cm³/mol. The van der Waals surface area contributed by atoms with Crippen molar-refractivity contribution in [1.82, 2.24) is 5.32 Å². The molecule has 0 aromatic heterocycles. The number of amides is 1. The smallest absolute Gasteiger partial charge is 0.268 e. The van der Waals surface area contributed by atoms with Gasteiger partial charge in [0.05, 0.1) is 39.9 Å². The van der Waals surface area contributed by atoms with Gasteiger partial charge in [-0.05, 0) is 19.3 Å². The monoisotopic (exact) mass is 717 g/mol. The number of phosphoric ester groups is 1.